The number of carbonyl (C=O) groups is 1. The van der Waals surface area contributed by atoms with Crippen LogP contribution in [0.3, 0.4) is 0 Å². The van der Waals surface area contributed by atoms with E-state index in [1.807, 2.05) is 0 Å². The van der Waals surface area contributed by atoms with Crippen LogP contribution in [0.5, 0.6) is 5.88 Å². The van der Waals surface area contributed by atoms with Crippen LogP contribution in [-0.2, 0) is 42.1 Å². The van der Waals surface area contributed by atoms with E-state index in [9.17, 15) is 9.00 Å². The maximum Gasteiger partial charge on any atom is 0.354 e. The molecule has 2 aliphatic carbocycles. The van der Waals surface area contributed by atoms with Crippen LogP contribution in [0, 0.1) is 0 Å². The molecule has 130 valence electrons. The summed E-state index contributed by atoms with van der Waals surface area (Å²) in [5.41, 5.74) is 5.74. The number of aryl methyl sites for hydroxylation is 2. The van der Waals surface area contributed by atoms with E-state index in [1.54, 1.807) is 4.68 Å². The highest BCUT2D eigenvalue weighted by atomic mass is 32.2. The van der Waals surface area contributed by atoms with E-state index < -0.39 is 15.9 Å². The van der Waals surface area contributed by atoms with Crippen molar-refractivity contribution >= 4 is 21.6 Å². The average Bonchev–Trinajstić information content (AvgIpc) is 3.05. The van der Waals surface area contributed by atoms with E-state index in [-0.39, 0.29) is 4.90 Å². The van der Waals surface area contributed by atoms with Gasteiger partial charge in [-0.15, -0.1) is 4.36 Å². The van der Waals surface area contributed by atoms with E-state index >= 15 is 0 Å². The number of ether oxygens (including phenoxy) is 1. The maximum atomic E-state index is 12.8. The number of benzene rings is 1. The van der Waals surface area contributed by atoms with Gasteiger partial charge in [0.1, 0.15) is 11.5 Å². The molecular formula is C16H17N5O3S. The number of hydrogen-bond donors (Lipinski definition) is 2. The fraction of sp³-hybridized carbons (Fsp3) is 0.375. The zero-order chi connectivity index (χ0) is 17.2. The maximum absolute atomic E-state index is 12.8. The van der Waals surface area contributed by atoms with Gasteiger partial charge in [0.05, 0.1) is 12.7 Å². The monoisotopic (exact) mass is 359 g/mol. The van der Waals surface area contributed by atoms with Crippen LogP contribution in [-0.4, -0.2) is 26.6 Å². The van der Waals surface area contributed by atoms with Crippen LogP contribution in [0.1, 0.15) is 22.3 Å². The Hall–Kier alpha value is -2.39. The molecule has 9 heteroatoms. The lowest BCUT2D eigenvalue weighted by Gasteiger charge is -2.31. The van der Waals surface area contributed by atoms with Gasteiger partial charge in [0, 0.05) is 5.69 Å². The number of rotatable bonds is 2. The van der Waals surface area contributed by atoms with Crippen molar-refractivity contribution < 1.29 is 13.7 Å². The van der Waals surface area contributed by atoms with Crippen molar-refractivity contribution in [3.05, 3.63) is 34.5 Å². The Labute approximate surface area is 144 Å². The highest BCUT2D eigenvalue weighted by molar-refractivity contribution is 7.91. The van der Waals surface area contributed by atoms with Gasteiger partial charge in [-0.3, -0.25) is 0 Å². The second kappa shape index (κ2) is 5.06. The molecule has 0 spiro atoms. The molecule has 3 aliphatic rings. The summed E-state index contributed by atoms with van der Waals surface area (Å²) in [6.45, 7) is 1.01. The normalized spacial score (nSPS) is 18.6. The molecule has 2 heterocycles. The first-order valence-corrected chi connectivity index (χ1v) is 9.82. The zero-order valence-electron chi connectivity index (χ0n) is 13.4. The molecule has 1 aromatic heterocycles. The fourth-order valence-electron chi connectivity index (χ4n) is 3.62. The van der Waals surface area contributed by atoms with E-state index in [1.165, 1.54) is 28.5 Å². The molecule has 0 fully saturated rings. The minimum atomic E-state index is -3.42. The molecule has 2 amide bonds. The predicted molar refractivity (Wildman–Crippen MR) is 91.0 cm³/mol. The van der Waals surface area contributed by atoms with Crippen LogP contribution < -0.4 is 15.2 Å². The van der Waals surface area contributed by atoms with Gasteiger partial charge in [-0.05, 0) is 47.9 Å². The molecule has 1 aliphatic heterocycles. The quantitative estimate of drug-likeness (QED) is 0.844. The molecule has 0 saturated carbocycles. The Balaban J connectivity index is 1.48. The molecule has 0 unspecified atom stereocenters. The van der Waals surface area contributed by atoms with Crippen molar-refractivity contribution in [1.82, 2.24) is 9.78 Å². The fourth-order valence-corrected chi connectivity index (χ4v) is 4.62. The molecule has 0 bridgehead atoms. The SMILES string of the molecule is N[S@@](=O)(=NC(=O)Nc1c2c(cc3c1CC3)CC2)c1cnn2c1OCC2. The van der Waals surface area contributed by atoms with Crippen LogP contribution in [0.2, 0.25) is 0 Å². The smallest absolute Gasteiger partial charge is 0.354 e. The molecule has 8 nitrogen and oxygen atoms in total. The second-order valence-corrected chi connectivity index (χ2v) is 8.26. The molecule has 25 heavy (non-hydrogen) atoms. The third kappa shape index (κ3) is 2.19. The summed E-state index contributed by atoms with van der Waals surface area (Å²) in [6, 6.07) is 1.53. The Morgan fingerprint density at radius 1 is 1.28 bits per heavy atom. The first kappa shape index (κ1) is 14.9. The lowest BCUT2D eigenvalue weighted by molar-refractivity contribution is 0.260. The molecule has 5 rings (SSSR count). The van der Waals surface area contributed by atoms with Gasteiger partial charge >= 0.3 is 6.03 Å². The van der Waals surface area contributed by atoms with Crippen molar-refractivity contribution in [2.75, 3.05) is 11.9 Å². The van der Waals surface area contributed by atoms with E-state index in [0.29, 0.717) is 19.0 Å². The summed E-state index contributed by atoms with van der Waals surface area (Å²) in [6.07, 6.45) is 5.32. The van der Waals surface area contributed by atoms with E-state index in [2.05, 4.69) is 20.8 Å². The minimum Gasteiger partial charge on any atom is -0.475 e. The molecular weight excluding hydrogens is 342 g/mol. The number of nitrogens with zero attached hydrogens (tertiary/aromatic N) is 3. The predicted octanol–water partition coefficient (Wildman–Crippen LogP) is 1.41. The van der Waals surface area contributed by atoms with Gasteiger partial charge in [0.15, 0.2) is 9.92 Å². The second-order valence-electron chi connectivity index (χ2n) is 6.50. The van der Waals surface area contributed by atoms with Crippen molar-refractivity contribution in [3.8, 4) is 5.88 Å². The summed E-state index contributed by atoms with van der Waals surface area (Å²) in [4.78, 5) is 12.6. The highest BCUT2D eigenvalue weighted by Crippen LogP contribution is 2.40. The summed E-state index contributed by atoms with van der Waals surface area (Å²) in [7, 11) is -3.42. The van der Waals surface area contributed by atoms with E-state index in [4.69, 9.17) is 9.88 Å². The lowest BCUT2D eigenvalue weighted by atomic mass is 9.76. The molecule has 1 aromatic carbocycles. The molecule has 0 radical (unpaired) electrons. The lowest BCUT2D eigenvalue weighted by Crippen LogP contribution is -2.24. The van der Waals surface area contributed by atoms with Crippen LogP contribution in [0.4, 0.5) is 10.5 Å². The number of hydrogen-bond acceptors (Lipinski definition) is 4. The molecule has 2 aromatic rings. The Morgan fingerprint density at radius 3 is 2.64 bits per heavy atom. The van der Waals surface area contributed by atoms with Gasteiger partial charge in [-0.1, -0.05) is 6.07 Å². The summed E-state index contributed by atoms with van der Waals surface area (Å²) >= 11 is 0. The van der Waals surface area contributed by atoms with Crippen molar-refractivity contribution in [1.29, 1.82) is 0 Å². The number of amides is 2. The number of aromatic nitrogens is 2. The molecule has 0 saturated heterocycles. The van der Waals surface area contributed by atoms with E-state index in [0.717, 1.165) is 31.4 Å². The largest absolute Gasteiger partial charge is 0.475 e. The zero-order valence-corrected chi connectivity index (χ0v) is 14.3. The van der Waals surface area contributed by atoms with Crippen molar-refractivity contribution in [2.45, 2.75) is 37.1 Å². The van der Waals surface area contributed by atoms with Crippen LogP contribution in [0.15, 0.2) is 21.5 Å². The Morgan fingerprint density at radius 2 is 2.00 bits per heavy atom. The highest BCUT2D eigenvalue weighted by Gasteiger charge is 2.29. The topological polar surface area (TPSA) is 112 Å². The number of nitrogens with one attached hydrogen (secondary N) is 1. The first-order valence-electron chi connectivity index (χ1n) is 8.24. The number of nitrogens with two attached hydrogens (primary N) is 1. The van der Waals surface area contributed by atoms with Crippen molar-refractivity contribution in [3.63, 3.8) is 0 Å². The summed E-state index contributed by atoms with van der Waals surface area (Å²) < 4.78 is 23.5. The standard InChI is InChI=1S/C16H17N5O3S/c17-25(23,13-8-18-21-5-6-24-15(13)21)20-16(22)19-14-11-3-1-9(11)7-10-2-4-12(10)14/h7-8H,1-6H2,(H3,17,19,20,22,23)/t25-/m1/s1. The molecule has 1 atom stereocenters. The summed E-state index contributed by atoms with van der Waals surface area (Å²) in [5, 5.41) is 12.7. The molecule has 3 N–H and O–H groups in total. The number of urea groups is 1. The number of carbonyl (C=O) groups excluding carboxylic acids is 1. The first-order chi connectivity index (χ1) is 12.0. The average molecular weight is 359 g/mol. The van der Waals surface area contributed by atoms with Gasteiger partial charge in [0.25, 0.3) is 0 Å². The third-order valence-corrected chi connectivity index (χ3v) is 6.43. The Kier molecular flexibility index (Phi) is 3.02. The van der Waals surface area contributed by atoms with Gasteiger partial charge in [0.2, 0.25) is 5.88 Å². The third-order valence-electron chi connectivity index (χ3n) is 5.08. The van der Waals surface area contributed by atoms with Gasteiger partial charge in [-0.25, -0.2) is 18.8 Å². The van der Waals surface area contributed by atoms with Crippen LogP contribution in [0.25, 0.3) is 0 Å². The van der Waals surface area contributed by atoms with Gasteiger partial charge < -0.3 is 10.1 Å². The number of anilines is 1. The van der Waals surface area contributed by atoms with Crippen LogP contribution >= 0.6 is 0 Å². The minimum absolute atomic E-state index is 0.161. The number of fused-ring (bicyclic) bond motifs is 3. The summed E-state index contributed by atoms with van der Waals surface area (Å²) in [5.74, 6) is 0.331. The Bertz CT molecular complexity index is 1020. The van der Waals surface area contributed by atoms with Gasteiger partial charge in [-0.2, -0.15) is 5.10 Å². The van der Waals surface area contributed by atoms with Crippen molar-refractivity contribution in [2.24, 2.45) is 9.50 Å².